The van der Waals surface area contributed by atoms with Crippen molar-refractivity contribution in [1.29, 1.82) is 0 Å². The maximum Gasteiger partial charge on any atom is 0.337 e. The van der Waals surface area contributed by atoms with Gasteiger partial charge in [0, 0.05) is 12.1 Å². The Morgan fingerprint density at radius 2 is 2.31 bits per heavy atom. The smallest absolute Gasteiger partial charge is 0.337 e. The van der Waals surface area contributed by atoms with Crippen LogP contribution in [0.2, 0.25) is 5.02 Å². The van der Waals surface area contributed by atoms with Gasteiger partial charge in [0.15, 0.2) is 0 Å². The Kier molecular flexibility index (Phi) is 3.00. The Morgan fingerprint density at radius 1 is 1.56 bits per heavy atom. The molecule has 16 heavy (non-hydrogen) atoms. The number of nitrogens with zero attached hydrogens (tertiary/aromatic N) is 2. The lowest BCUT2D eigenvalue weighted by Gasteiger charge is -2.17. The molecular weight excluding hydrogens is 230 g/mol. The zero-order valence-corrected chi connectivity index (χ0v) is 9.48. The summed E-state index contributed by atoms with van der Waals surface area (Å²) in [6.45, 7) is 0.317. The summed E-state index contributed by atoms with van der Waals surface area (Å²) >= 11 is 5.84. The van der Waals surface area contributed by atoms with Gasteiger partial charge < -0.3 is 5.11 Å². The Labute approximate surface area is 98.2 Å². The van der Waals surface area contributed by atoms with E-state index >= 15 is 0 Å². The van der Waals surface area contributed by atoms with Gasteiger partial charge in [0.2, 0.25) is 6.35 Å². The fraction of sp³-hybridized carbons (Fsp3) is 0.300. The Morgan fingerprint density at radius 3 is 2.88 bits per heavy atom. The van der Waals surface area contributed by atoms with Crippen molar-refractivity contribution in [3.63, 3.8) is 0 Å². The van der Waals surface area contributed by atoms with Crippen LogP contribution in [0.3, 0.4) is 0 Å². The van der Waals surface area contributed by atoms with Crippen LogP contribution >= 0.6 is 11.6 Å². The monoisotopic (exact) mass is 241 g/mol. The highest BCUT2D eigenvalue weighted by molar-refractivity contribution is 6.30. The van der Waals surface area contributed by atoms with Gasteiger partial charge in [0.05, 0.1) is 6.54 Å². The number of hydrogen-bond donors (Lipinski definition) is 2. The first kappa shape index (κ1) is 11.2. The Hall–Kier alpha value is -1.30. The van der Waals surface area contributed by atoms with Crippen LogP contribution in [0.15, 0.2) is 24.3 Å². The van der Waals surface area contributed by atoms with Crippen molar-refractivity contribution in [1.82, 2.24) is 15.3 Å². The summed E-state index contributed by atoms with van der Waals surface area (Å²) in [6.07, 6.45) is -0.989. The first-order valence-corrected chi connectivity index (χ1v) is 5.19. The van der Waals surface area contributed by atoms with Gasteiger partial charge in [0.25, 0.3) is 0 Å². The number of nitrogens with one attached hydrogen (secondary N) is 1. The zero-order chi connectivity index (χ0) is 11.7. The Balaban J connectivity index is 2.13. The van der Waals surface area contributed by atoms with Crippen LogP contribution in [0, 0.1) is 0 Å². The molecule has 86 valence electrons. The molecule has 2 amide bonds. The molecule has 0 spiro atoms. The van der Waals surface area contributed by atoms with Gasteiger partial charge in [-0.05, 0) is 17.7 Å². The van der Waals surface area contributed by atoms with Crippen molar-refractivity contribution in [2.24, 2.45) is 0 Å². The van der Waals surface area contributed by atoms with Crippen LogP contribution < -0.4 is 5.43 Å². The highest BCUT2D eigenvalue weighted by Gasteiger charge is 2.33. The maximum atomic E-state index is 11.6. The largest absolute Gasteiger partial charge is 0.360 e. The first-order valence-electron chi connectivity index (χ1n) is 4.81. The van der Waals surface area contributed by atoms with Crippen LogP contribution in [0.5, 0.6) is 0 Å². The standard InChI is InChI=1S/C10H12ClN3O2/c1-13-10(16)14(9(15)12-13)6-7-3-2-4-8(11)5-7/h2-5,9,12,15H,6H2,1H3. The second-order valence-corrected chi connectivity index (χ2v) is 4.04. The number of halogens is 1. The molecule has 5 nitrogen and oxygen atoms in total. The fourth-order valence-electron chi connectivity index (χ4n) is 1.58. The highest BCUT2D eigenvalue weighted by atomic mass is 35.5. The van der Waals surface area contributed by atoms with E-state index in [1.165, 1.54) is 9.91 Å². The number of aliphatic hydroxyl groups is 1. The molecule has 0 bridgehead atoms. The highest BCUT2D eigenvalue weighted by Crippen LogP contribution is 2.16. The Bertz CT molecular complexity index is 413. The molecule has 0 aliphatic carbocycles. The van der Waals surface area contributed by atoms with Gasteiger partial charge >= 0.3 is 6.03 Å². The molecule has 1 saturated heterocycles. The summed E-state index contributed by atoms with van der Waals surface area (Å²) in [5, 5.41) is 11.4. The molecule has 0 radical (unpaired) electrons. The molecule has 1 aromatic rings. The zero-order valence-electron chi connectivity index (χ0n) is 8.72. The van der Waals surface area contributed by atoms with Crippen molar-refractivity contribution in [2.45, 2.75) is 12.9 Å². The van der Waals surface area contributed by atoms with E-state index in [1.807, 2.05) is 12.1 Å². The van der Waals surface area contributed by atoms with E-state index in [0.29, 0.717) is 11.6 Å². The molecular formula is C10H12ClN3O2. The van der Waals surface area contributed by atoms with Crippen LogP contribution in [0.25, 0.3) is 0 Å². The number of carbonyl (C=O) groups is 1. The van der Waals surface area contributed by atoms with Crippen LogP contribution in [0.4, 0.5) is 4.79 Å². The topological polar surface area (TPSA) is 55.8 Å². The predicted octanol–water partition coefficient (Wildman–Crippen LogP) is 0.988. The molecule has 1 heterocycles. The van der Waals surface area contributed by atoms with Crippen molar-refractivity contribution in [3.05, 3.63) is 34.9 Å². The maximum absolute atomic E-state index is 11.6. The average Bonchev–Trinajstić information content (AvgIpc) is 2.45. The second-order valence-electron chi connectivity index (χ2n) is 3.60. The minimum atomic E-state index is -0.989. The van der Waals surface area contributed by atoms with Crippen LogP contribution in [-0.2, 0) is 6.54 Å². The lowest BCUT2D eigenvalue weighted by Crippen LogP contribution is -2.36. The van der Waals surface area contributed by atoms with E-state index in [4.69, 9.17) is 11.6 Å². The first-order chi connectivity index (χ1) is 7.58. The summed E-state index contributed by atoms with van der Waals surface area (Å²) in [6, 6.07) is 6.91. The molecule has 6 heteroatoms. The normalized spacial score (nSPS) is 20.7. The van der Waals surface area contributed by atoms with E-state index in [-0.39, 0.29) is 6.03 Å². The number of hydrogen-bond acceptors (Lipinski definition) is 3. The quantitative estimate of drug-likeness (QED) is 0.812. The van der Waals surface area contributed by atoms with Crippen molar-refractivity contribution < 1.29 is 9.90 Å². The second kappa shape index (κ2) is 4.29. The van der Waals surface area contributed by atoms with E-state index < -0.39 is 6.35 Å². The summed E-state index contributed by atoms with van der Waals surface area (Å²) in [4.78, 5) is 12.9. The summed E-state index contributed by atoms with van der Waals surface area (Å²) < 4.78 is 0. The molecule has 2 N–H and O–H groups in total. The molecule has 1 aliphatic heterocycles. The molecule has 1 fully saturated rings. The van der Waals surface area contributed by atoms with Crippen LogP contribution in [0.1, 0.15) is 5.56 Å². The van der Waals surface area contributed by atoms with E-state index in [0.717, 1.165) is 5.56 Å². The average molecular weight is 242 g/mol. The minimum absolute atomic E-state index is 0.271. The SMILES string of the molecule is CN1NC(O)N(Cc2cccc(Cl)c2)C1=O. The van der Waals surface area contributed by atoms with E-state index in [9.17, 15) is 9.90 Å². The molecule has 1 atom stereocenters. The van der Waals surface area contributed by atoms with Crippen LogP contribution in [-0.4, -0.2) is 34.4 Å². The van der Waals surface area contributed by atoms with Crippen molar-refractivity contribution >= 4 is 17.6 Å². The van der Waals surface area contributed by atoms with Gasteiger partial charge in [-0.2, -0.15) is 5.43 Å². The third kappa shape index (κ3) is 2.11. The van der Waals surface area contributed by atoms with Gasteiger partial charge in [-0.3, -0.25) is 9.91 Å². The number of carbonyl (C=O) groups excluding carboxylic acids is 1. The predicted molar refractivity (Wildman–Crippen MR) is 59.3 cm³/mol. The molecule has 1 aromatic carbocycles. The lowest BCUT2D eigenvalue weighted by molar-refractivity contribution is 0.0226. The van der Waals surface area contributed by atoms with Crippen molar-refractivity contribution in [2.75, 3.05) is 7.05 Å². The number of amides is 2. The van der Waals surface area contributed by atoms with Gasteiger partial charge in [-0.25, -0.2) is 4.79 Å². The molecule has 0 saturated carbocycles. The van der Waals surface area contributed by atoms with Gasteiger partial charge in [0.1, 0.15) is 0 Å². The number of urea groups is 1. The van der Waals surface area contributed by atoms with E-state index in [1.54, 1.807) is 19.2 Å². The summed E-state index contributed by atoms with van der Waals surface area (Å²) in [5.74, 6) is 0. The minimum Gasteiger partial charge on any atom is -0.360 e. The third-order valence-electron chi connectivity index (χ3n) is 2.38. The van der Waals surface area contributed by atoms with E-state index in [2.05, 4.69) is 5.43 Å². The molecule has 1 aliphatic rings. The van der Waals surface area contributed by atoms with Gasteiger partial charge in [-0.1, -0.05) is 23.7 Å². The summed E-state index contributed by atoms with van der Waals surface area (Å²) in [5.41, 5.74) is 3.46. The number of hydrazine groups is 1. The summed E-state index contributed by atoms with van der Waals surface area (Å²) in [7, 11) is 1.56. The number of aliphatic hydroxyl groups excluding tert-OH is 1. The van der Waals surface area contributed by atoms with Gasteiger partial charge in [-0.15, -0.1) is 0 Å². The lowest BCUT2D eigenvalue weighted by atomic mass is 10.2. The number of rotatable bonds is 2. The molecule has 1 unspecified atom stereocenters. The third-order valence-corrected chi connectivity index (χ3v) is 2.61. The number of benzene rings is 1. The molecule has 0 aromatic heterocycles. The fourth-order valence-corrected chi connectivity index (χ4v) is 1.79. The van der Waals surface area contributed by atoms with Crippen molar-refractivity contribution in [3.8, 4) is 0 Å². The molecule has 2 rings (SSSR count).